The van der Waals surface area contributed by atoms with E-state index in [-0.39, 0.29) is 24.1 Å². The summed E-state index contributed by atoms with van der Waals surface area (Å²) in [4.78, 5) is 10.8. The second-order valence-corrected chi connectivity index (χ2v) is 5.01. The predicted octanol–water partition coefficient (Wildman–Crippen LogP) is 1.58. The highest BCUT2D eigenvalue weighted by atomic mass is 35.5. The maximum absolute atomic E-state index is 10.8. The molecule has 0 bridgehead atoms. The lowest BCUT2D eigenvalue weighted by atomic mass is 10.3. The number of halogens is 1. The standard InChI is InChI=1S/C9H15NO3S.ClH/c1-13-9(12)3-2-4-14-5-7(10)8(11)6-14;/h5-6,11,14H,2-4,10H2,1H3;1H. The molecule has 0 amide bonds. The van der Waals surface area contributed by atoms with Crippen molar-refractivity contribution in [2.45, 2.75) is 12.8 Å². The Bertz CT molecular complexity index is 273. The minimum Gasteiger partial charge on any atom is -0.505 e. The molecule has 1 rings (SSSR count). The van der Waals surface area contributed by atoms with Gasteiger partial charge in [0, 0.05) is 6.42 Å². The van der Waals surface area contributed by atoms with E-state index in [9.17, 15) is 9.90 Å². The molecule has 15 heavy (non-hydrogen) atoms. The summed E-state index contributed by atoms with van der Waals surface area (Å²) in [5, 5.41) is 12.8. The number of aliphatic hydroxyl groups excluding tert-OH is 1. The van der Waals surface area contributed by atoms with Gasteiger partial charge in [0.2, 0.25) is 0 Å². The van der Waals surface area contributed by atoms with Gasteiger partial charge in [0.05, 0.1) is 12.8 Å². The number of thiol groups is 1. The second kappa shape index (κ2) is 6.63. The molecule has 1 aliphatic rings. The molecular weight excluding hydrogens is 238 g/mol. The van der Waals surface area contributed by atoms with Crippen molar-refractivity contribution in [2.24, 2.45) is 5.73 Å². The van der Waals surface area contributed by atoms with Crippen LogP contribution in [0.4, 0.5) is 0 Å². The monoisotopic (exact) mass is 253 g/mol. The van der Waals surface area contributed by atoms with E-state index in [2.05, 4.69) is 4.74 Å². The van der Waals surface area contributed by atoms with Gasteiger partial charge < -0.3 is 15.6 Å². The molecule has 1 unspecified atom stereocenters. The normalized spacial score (nSPS) is 21.3. The van der Waals surface area contributed by atoms with Gasteiger partial charge in [-0.2, -0.15) is 0 Å². The summed E-state index contributed by atoms with van der Waals surface area (Å²) in [5.41, 5.74) is 5.95. The van der Waals surface area contributed by atoms with Crippen LogP contribution >= 0.6 is 23.3 Å². The molecule has 6 heteroatoms. The van der Waals surface area contributed by atoms with Gasteiger partial charge in [0.25, 0.3) is 0 Å². The Morgan fingerprint density at radius 2 is 2.27 bits per heavy atom. The topological polar surface area (TPSA) is 72.5 Å². The number of carbonyl (C=O) groups is 1. The van der Waals surface area contributed by atoms with E-state index in [1.54, 1.807) is 5.41 Å². The van der Waals surface area contributed by atoms with Crippen LogP contribution in [0.15, 0.2) is 22.3 Å². The van der Waals surface area contributed by atoms with Gasteiger partial charge in [-0.25, -0.2) is 10.9 Å². The smallest absolute Gasteiger partial charge is 0.305 e. The minimum atomic E-state index is -0.466. The Labute approximate surface area is 97.9 Å². The molecule has 88 valence electrons. The van der Waals surface area contributed by atoms with E-state index >= 15 is 0 Å². The van der Waals surface area contributed by atoms with Gasteiger partial charge in [0.1, 0.15) is 5.76 Å². The maximum atomic E-state index is 10.8. The number of carbonyl (C=O) groups excluding carboxylic acids is 1. The van der Waals surface area contributed by atoms with Gasteiger partial charge in [-0.15, -0.1) is 12.4 Å². The van der Waals surface area contributed by atoms with Crippen LogP contribution in [0.5, 0.6) is 0 Å². The fraction of sp³-hybridized carbons (Fsp3) is 0.444. The van der Waals surface area contributed by atoms with Crippen LogP contribution < -0.4 is 5.73 Å². The van der Waals surface area contributed by atoms with E-state index in [0.717, 1.165) is 12.2 Å². The third-order valence-corrected chi connectivity index (χ3v) is 3.93. The molecule has 0 fully saturated rings. The zero-order valence-electron chi connectivity index (χ0n) is 8.47. The number of rotatable bonds is 4. The summed E-state index contributed by atoms with van der Waals surface area (Å²) >= 11 is 0. The zero-order valence-corrected chi connectivity index (χ0v) is 10.2. The fourth-order valence-corrected chi connectivity index (χ4v) is 2.96. The molecule has 4 nitrogen and oxygen atoms in total. The molecule has 0 aromatic carbocycles. The molecule has 0 aromatic rings. The van der Waals surface area contributed by atoms with E-state index in [4.69, 9.17) is 5.73 Å². The molecule has 0 saturated carbocycles. The van der Waals surface area contributed by atoms with Crippen molar-refractivity contribution in [1.82, 2.24) is 0 Å². The van der Waals surface area contributed by atoms with E-state index in [1.165, 1.54) is 7.11 Å². The van der Waals surface area contributed by atoms with Crippen molar-refractivity contribution >= 4 is 29.3 Å². The largest absolute Gasteiger partial charge is 0.505 e. The lowest BCUT2D eigenvalue weighted by molar-refractivity contribution is -0.140. The van der Waals surface area contributed by atoms with Gasteiger partial charge in [-0.05, 0) is 23.0 Å². The average Bonchev–Trinajstić information content (AvgIpc) is 2.46. The maximum Gasteiger partial charge on any atom is 0.305 e. The van der Waals surface area contributed by atoms with Crippen molar-refractivity contribution in [1.29, 1.82) is 0 Å². The van der Waals surface area contributed by atoms with Gasteiger partial charge in [-0.3, -0.25) is 4.79 Å². The first-order valence-electron chi connectivity index (χ1n) is 4.34. The molecule has 1 aliphatic heterocycles. The molecule has 3 N–H and O–H groups in total. The predicted molar refractivity (Wildman–Crippen MR) is 65.3 cm³/mol. The lowest BCUT2D eigenvalue weighted by Gasteiger charge is -2.07. The van der Waals surface area contributed by atoms with Crippen molar-refractivity contribution in [3.63, 3.8) is 0 Å². The van der Waals surface area contributed by atoms with E-state index in [1.807, 2.05) is 5.41 Å². The first-order valence-corrected chi connectivity index (χ1v) is 6.01. The van der Waals surface area contributed by atoms with Gasteiger partial charge >= 0.3 is 5.97 Å². The summed E-state index contributed by atoms with van der Waals surface area (Å²) in [6.45, 7) is 0. The van der Waals surface area contributed by atoms with Crippen LogP contribution in [0.3, 0.4) is 0 Å². The third kappa shape index (κ3) is 4.48. The molecule has 1 atom stereocenters. The molecule has 0 saturated heterocycles. The Balaban J connectivity index is 0.00000196. The molecule has 0 spiro atoms. The van der Waals surface area contributed by atoms with Crippen LogP contribution in [0.25, 0.3) is 0 Å². The highest BCUT2D eigenvalue weighted by molar-refractivity contribution is 8.22. The first kappa shape index (κ1) is 14.2. The molecule has 0 aliphatic carbocycles. The fourth-order valence-electron chi connectivity index (χ4n) is 1.15. The van der Waals surface area contributed by atoms with Crippen LogP contribution in [0, 0.1) is 0 Å². The van der Waals surface area contributed by atoms with E-state index < -0.39 is 10.9 Å². The summed E-state index contributed by atoms with van der Waals surface area (Å²) in [6, 6.07) is 0. The van der Waals surface area contributed by atoms with Crippen molar-refractivity contribution < 1.29 is 14.6 Å². The molecular formula is C9H16ClNO3S. The van der Waals surface area contributed by atoms with Crippen molar-refractivity contribution in [3.05, 3.63) is 22.3 Å². The number of esters is 1. The summed E-state index contributed by atoms with van der Waals surface area (Å²) in [5.74, 6) is 0.855. The second-order valence-electron chi connectivity index (χ2n) is 3.02. The number of methoxy groups -OCH3 is 1. The summed E-state index contributed by atoms with van der Waals surface area (Å²) < 4.78 is 4.52. The highest BCUT2D eigenvalue weighted by Crippen LogP contribution is 2.38. The number of hydrogen-bond acceptors (Lipinski definition) is 4. The highest BCUT2D eigenvalue weighted by Gasteiger charge is 2.11. The summed E-state index contributed by atoms with van der Waals surface area (Å²) in [7, 11) is 0.915. The third-order valence-electron chi connectivity index (χ3n) is 1.91. The minimum absolute atomic E-state index is 0. The Hall–Kier alpha value is -0.810. The Morgan fingerprint density at radius 3 is 2.73 bits per heavy atom. The molecule has 0 aromatic heterocycles. The first-order chi connectivity index (χ1) is 6.63. The van der Waals surface area contributed by atoms with E-state index in [0.29, 0.717) is 12.1 Å². The van der Waals surface area contributed by atoms with Crippen molar-refractivity contribution in [3.8, 4) is 0 Å². The number of nitrogens with two attached hydrogens (primary N) is 1. The molecule has 1 heterocycles. The zero-order chi connectivity index (χ0) is 10.6. The van der Waals surface area contributed by atoms with Crippen LogP contribution in [0.1, 0.15) is 12.8 Å². The summed E-state index contributed by atoms with van der Waals surface area (Å²) in [6.07, 6.45) is 1.20. The van der Waals surface area contributed by atoms with Gasteiger partial charge in [0.15, 0.2) is 0 Å². The number of hydrogen-bond donors (Lipinski definition) is 3. The van der Waals surface area contributed by atoms with Crippen LogP contribution in [-0.2, 0) is 9.53 Å². The average molecular weight is 254 g/mol. The Morgan fingerprint density at radius 1 is 1.60 bits per heavy atom. The molecule has 0 radical (unpaired) electrons. The SMILES string of the molecule is COC(=O)CCC[SH]1C=C(N)C(O)=C1.Cl. The van der Waals surface area contributed by atoms with Crippen molar-refractivity contribution in [2.75, 3.05) is 12.9 Å². The quantitative estimate of drug-likeness (QED) is 0.525. The van der Waals surface area contributed by atoms with Crippen LogP contribution in [-0.4, -0.2) is 23.9 Å². The Kier molecular flexibility index (Phi) is 6.27. The lowest BCUT2D eigenvalue weighted by Crippen LogP contribution is -2.00. The van der Waals surface area contributed by atoms with Gasteiger partial charge in [-0.1, -0.05) is 0 Å². The number of aliphatic hydroxyl groups is 1. The van der Waals surface area contributed by atoms with Crippen LogP contribution in [0.2, 0.25) is 0 Å². The number of ether oxygens (including phenoxy) is 1.